The molecule has 2 aromatic carbocycles. The fraction of sp³-hybridized carbons (Fsp3) is 0.167. The molecule has 0 radical (unpaired) electrons. The number of anilines is 1. The molecule has 0 saturated carbocycles. The number of carbonyl (C=O) groups is 3. The lowest BCUT2D eigenvalue weighted by Gasteiger charge is -2.12. The molecule has 8 nitrogen and oxygen atoms in total. The van der Waals surface area contributed by atoms with Crippen LogP contribution in [0.3, 0.4) is 0 Å². The highest BCUT2D eigenvalue weighted by Crippen LogP contribution is 2.24. The van der Waals surface area contributed by atoms with Gasteiger partial charge < -0.3 is 14.8 Å². The van der Waals surface area contributed by atoms with Crippen LogP contribution < -0.4 is 5.32 Å². The zero-order valence-corrected chi connectivity index (χ0v) is 16.7. The first-order chi connectivity index (χ1) is 13.1. The van der Waals surface area contributed by atoms with Crippen LogP contribution in [0.1, 0.15) is 31.1 Å². The Morgan fingerprint density at radius 3 is 2.11 bits per heavy atom. The quantitative estimate of drug-likeness (QED) is 0.731. The Hall–Kier alpha value is -2.91. The summed E-state index contributed by atoms with van der Waals surface area (Å²) in [7, 11) is -1.30. The van der Waals surface area contributed by atoms with E-state index in [1.54, 1.807) is 0 Å². The first kappa shape index (κ1) is 21.4. The Balaban J connectivity index is 2.47. The molecule has 0 unspecified atom stereocenters. The fourth-order valence-electron chi connectivity index (χ4n) is 2.30. The molecule has 0 atom stereocenters. The molecule has 0 aromatic heterocycles. The van der Waals surface area contributed by atoms with E-state index in [1.165, 1.54) is 44.6 Å². The zero-order chi connectivity index (χ0) is 21.1. The van der Waals surface area contributed by atoms with E-state index < -0.39 is 27.7 Å². The van der Waals surface area contributed by atoms with Gasteiger partial charge in [0.25, 0.3) is 5.91 Å². The number of nitrogens with one attached hydrogen (secondary N) is 1. The van der Waals surface area contributed by atoms with E-state index in [9.17, 15) is 22.8 Å². The third-order valence-electron chi connectivity index (χ3n) is 3.69. The van der Waals surface area contributed by atoms with Crippen molar-refractivity contribution in [2.75, 3.05) is 25.8 Å². The summed E-state index contributed by atoms with van der Waals surface area (Å²) in [6.45, 7) is 0. The van der Waals surface area contributed by atoms with Gasteiger partial charge in [-0.2, -0.15) is 0 Å². The topological polar surface area (TPSA) is 116 Å². The summed E-state index contributed by atoms with van der Waals surface area (Å²) in [5.41, 5.74) is 0.0823. The summed E-state index contributed by atoms with van der Waals surface area (Å²) in [4.78, 5) is 36.1. The van der Waals surface area contributed by atoms with Crippen molar-refractivity contribution in [1.82, 2.24) is 0 Å². The number of rotatable bonds is 5. The lowest BCUT2D eigenvalue weighted by atomic mass is 10.1. The normalized spacial score (nSPS) is 10.9. The first-order valence-electron chi connectivity index (χ1n) is 7.70. The minimum absolute atomic E-state index is 0.000744. The van der Waals surface area contributed by atoms with Gasteiger partial charge in [-0.1, -0.05) is 11.6 Å². The standard InChI is InChI=1S/C18H16ClNO7S/c1-26-17(22)11-4-6-12(18(23)27-2)14(8-11)20-16(21)10-5-7-13(19)15(9-10)28(3,24)25/h4-9H,1-3H3,(H,20,21). The number of amides is 1. The minimum Gasteiger partial charge on any atom is -0.465 e. The van der Waals surface area contributed by atoms with E-state index in [0.29, 0.717) is 0 Å². The van der Waals surface area contributed by atoms with Crippen molar-refractivity contribution in [3.8, 4) is 0 Å². The molecule has 0 aliphatic carbocycles. The van der Waals surface area contributed by atoms with Gasteiger partial charge in [-0.25, -0.2) is 18.0 Å². The van der Waals surface area contributed by atoms with E-state index in [1.807, 2.05) is 0 Å². The molecule has 148 valence electrons. The lowest BCUT2D eigenvalue weighted by Crippen LogP contribution is -2.17. The second-order valence-electron chi connectivity index (χ2n) is 5.62. The average molecular weight is 426 g/mol. The van der Waals surface area contributed by atoms with Crippen LogP contribution in [0.15, 0.2) is 41.3 Å². The molecule has 2 aromatic rings. The van der Waals surface area contributed by atoms with Crippen LogP contribution >= 0.6 is 11.6 Å². The zero-order valence-electron chi connectivity index (χ0n) is 15.1. The summed E-state index contributed by atoms with van der Waals surface area (Å²) in [6, 6.07) is 7.63. The van der Waals surface area contributed by atoms with Crippen LogP contribution in [0.5, 0.6) is 0 Å². The molecule has 0 heterocycles. The number of esters is 2. The highest BCUT2D eigenvalue weighted by molar-refractivity contribution is 7.90. The van der Waals surface area contributed by atoms with Gasteiger partial charge in [-0.05, 0) is 36.4 Å². The van der Waals surface area contributed by atoms with Crippen molar-refractivity contribution in [3.05, 3.63) is 58.1 Å². The average Bonchev–Trinajstić information content (AvgIpc) is 2.66. The predicted molar refractivity (Wildman–Crippen MR) is 102 cm³/mol. The summed E-state index contributed by atoms with van der Waals surface area (Å²) in [6.07, 6.45) is 0.963. The summed E-state index contributed by atoms with van der Waals surface area (Å²) >= 11 is 5.88. The second kappa shape index (κ2) is 8.41. The van der Waals surface area contributed by atoms with Gasteiger partial charge in [-0.3, -0.25) is 4.79 Å². The van der Waals surface area contributed by atoms with Crippen LogP contribution in [0.2, 0.25) is 5.02 Å². The van der Waals surface area contributed by atoms with Crippen molar-refractivity contribution in [2.45, 2.75) is 4.90 Å². The molecule has 0 spiro atoms. The van der Waals surface area contributed by atoms with Gasteiger partial charge in [-0.15, -0.1) is 0 Å². The molecule has 2 rings (SSSR count). The summed E-state index contributed by atoms with van der Waals surface area (Å²) in [5, 5.41) is 2.45. The second-order valence-corrected chi connectivity index (χ2v) is 8.01. The number of benzene rings is 2. The first-order valence-corrected chi connectivity index (χ1v) is 9.97. The van der Waals surface area contributed by atoms with E-state index in [4.69, 9.17) is 11.6 Å². The number of hydrogen-bond acceptors (Lipinski definition) is 7. The highest BCUT2D eigenvalue weighted by atomic mass is 35.5. The van der Waals surface area contributed by atoms with Gasteiger partial charge in [0.15, 0.2) is 9.84 Å². The smallest absolute Gasteiger partial charge is 0.339 e. The number of ether oxygens (including phenoxy) is 2. The van der Waals surface area contributed by atoms with Gasteiger partial charge in [0.1, 0.15) is 0 Å². The minimum atomic E-state index is -3.66. The molecular weight excluding hydrogens is 410 g/mol. The molecule has 0 aliphatic rings. The van der Waals surface area contributed by atoms with Gasteiger partial charge in [0.2, 0.25) is 0 Å². The van der Waals surface area contributed by atoms with Crippen LogP contribution in [-0.4, -0.2) is 46.7 Å². The molecule has 10 heteroatoms. The SMILES string of the molecule is COC(=O)c1ccc(C(=O)OC)c(NC(=O)c2ccc(Cl)c(S(C)(=O)=O)c2)c1. The van der Waals surface area contributed by atoms with Crippen molar-refractivity contribution in [3.63, 3.8) is 0 Å². The monoisotopic (exact) mass is 425 g/mol. The summed E-state index contributed by atoms with van der Waals surface area (Å²) < 4.78 is 32.9. The maximum absolute atomic E-state index is 12.6. The molecule has 1 amide bonds. The molecule has 0 fully saturated rings. The maximum atomic E-state index is 12.6. The van der Waals surface area contributed by atoms with E-state index in [2.05, 4.69) is 14.8 Å². The summed E-state index contributed by atoms with van der Waals surface area (Å²) in [5.74, 6) is -2.12. The van der Waals surface area contributed by atoms with E-state index in [0.717, 1.165) is 12.3 Å². The lowest BCUT2D eigenvalue weighted by molar-refractivity contribution is 0.0587. The van der Waals surface area contributed by atoms with Gasteiger partial charge in [0.05, 0.1) is 41.0 Å². The van der Waals surface area contributed by atoms with Crippen molar-refractivity contribution >= 4 is 45.0 Å². The Morgan fingerprint density at radius 2 is 1.54 bits per heavy atom. The molecule has 0 aliphatic heterocycles. The number of hydrogen-bond donors (Lipinski definition) is 1. The number of sulfone groups is 1. The van der Waals surface area contributed by atoms with Crippen LogP contribution in [0.4, 0.5) is 5.69 Å². The van der Waals surface area contributed by atoms with Crippen molar-refractivity contribution in [2.24, 2.45) is 0 Å². The van der Waals surface area contributed by atoms with E-state index in [-0.39, 0.29) is 32.3 Å². The predicted octanol–water partition coefficient (Wildman–Crippen LogP) is 2.57. The fourth-order valence-corrected chi connectivity index (χ4v) is 3.60. The Kier molecular flexibility index (Phi) is 6.42. The number of halogens is 1. The molecule has 0 saturated heterocycles. The van der Waals surface area contributed by atoms with Gasteiger partial charge in [0, 0.05) is 11.8 Å². The largest absolute Gasteiger partial charge is 0.465 e. The van der Waals surface area contributed by atoms with Crippen LogP contribution in [-0.2, 0) is 19.3 Å². The highest BCUT2D eigenvalue weighted by Gasteiger charge is 2.20. The van der Waals surface area contributed by atoms with Gasteiger partial charge >= 0.3 is 11.9 Å². The molecule has 1 N–H and O–H groups in total. The van der Waals surface area contributed by atoms with Crippen LogP contribution in [0, 0.1) is 0 Å². The van der Waals surface area contributed by atoms with Crippen molar-refractivity contribution in [1.29, 1.82) is 0 Å². The van der Waals surface area contributed by atoms with Crippen LogP contribution in [0.25, 0.3) is 0 Å². The third-order valence-corrected chi connectivity index (χ3v) is 5.27. The number of carbonyl (C=O) groups excluding carboxylic acids is 3. The van der Waals surface area contributed by atoms with E-state index >= 15 is 0 Å². The Labute approximate surface area is 166 Å². The molecular formula is C18H16ClNO7S. The Morgan fingerprint density at radius 1 is 0.929 bits per heavy atom. The maximum Gasteiger partial charge on any atom is 0.339 e. The molecule has 0 bridgehead atoms. The molecule has 28 heavy (non-hydrogen) atoms. The van der Waals surface area contributed by atoms with Crippen molar-refractivity contribution < 1.29 is 32.3 Å². The number of methoxy groups -OCH3 is 2. The third kappa shape index (κ3) is 4.68. The Bertz CT molecular complexity index is 1060.